The van der Waals surface area contributed by atoms with Gasteiger partial charge in [-0.05, 0) is 36.2 Å². The Hall–Kier alpha value is -3.21. The quantitative estimate of drug-likeness (QED) is 0.745. The molecule has 0 fully saturated rings. The lowest BCUT2D eigenvalue weighted by atomic mass is 10.1. The minimum Gasteiger partial charge on any atom is -0.378 e. The van der Waals surface area contributed by atoms with Crippen LogP contribution in [0, 0.1) is 0 Å². The average molecular weight is 346 g/mol. The van der Waals surface area contributed by atoms with Crippen molar-refractivity contribution in [1.29, 1.82) is 0 Å². The normalized spacial score (nSPS) is 10.4. The molecule has 0 saturated carbocycles. The van der Waals surface area contributed by atoms with Crippen LogP contribution in [0.1, 0.15) is 15.9 Å². The van der Waals surface area contributed by atoms with Gasteiger partial charge in [0.25, 0.3) is 5.91 Å². The first-order chi connectivity index (χ1) is 12.6. The first kappa shape index (κ1) is 17.6. The van der Waals surface area contributed by atoms with Crippen LogP contribution in [-0.2, 0) is 6.42 Å². The van der Waals surface area contributed by atoms with Crippen LogP contribution in [0.2, 0.25) is 0 Å². The highest BCUT2D eigenvalue weighted by Crippen LogP contribution is 2.14. The number of hydrogen-bond donors (Lipinski definition) is 1. The lowest BCUT2D eigenvalue weighted by molar-refractivity contribution is 0.0954. The Morgan fingerprint density at radius 2 is 1.62 bits per heavy atom. The van der Waals surface area contributed by atoms with Crippen molar-refractivity contribution in [2.24, 2.45) is 0 Å². The Kier molecular flexibility index (Phi) is 5.59. The maximum Gasteiger partial charge on any atom is 0.251 e. The predicted molar refractivity (Wildman–Crippen MR) is 104 cm³/mol. The molecule has 1 heterocycles. The zero-order chi connectivity index (χ0) is 18.4. The number of amides is 1. The molecule has 2 aromatic carbocycles. The second kappa shape index (κ2) is 8.25. The maximum atomic E-state index is 12.2. The van der Waals surface area contributed by atoms with Gasteiger partial charge in [-0.3, -0.25) is 4.79 Å². The third-order valence-electron chi connectivity index (χ3n) is 4.08. The van der Waals surface area contributed by atoms with E-state index < -0.39 is 0 Å². The fourth-order valence-electron chi connectivity index (χ4n) is 2.55. The molecule has 0 aliphatic rings. The van der Waals surface area contributed by atoms with Crippen molar-refractivity contribution in [3.05, 3.63) is 78.1 Å². The summed E-state index contributed by atoms with van der Waals surface area (Å²) in [5.74, 6) is 0.636. The molecule has 132 valence electrons. The van der Waals surface area contributed by atoms with E-state index in [9.17, 15) is 4.79 Å². The van der Waals surface area contributed by atoms with Gasteiger partial charge in [0.05, 0.1) is 0 Å². The minimum absolute atomic E-state index is 0.0721. The monoisotopic (exact) mass is 346 g/mol. The first-order valence-corrected chi connectivity index (χ1v) is 8.55. The summed E-state index contributed by atoms with van der Waals surface area (Å²) in [5.41, 5.74) is 3.71. The van der Waals surface area contributed by atoms with E-state index in [0.29, 0.717) is 24.4 Å². The third kappa shape index (κ3) is 4.45. The highest BCUT2D eigenvalue weighted by molar-refractivity contribution is 5.94. The molecule has 0 saturated heterocycles. The van der Waals surface area contributed by atoms with Crippen LogP contribution in [-0.4, -0.2) is 36.5 Å². The molecule has 3 aromatic rings. The van der Waals surface area contributed by atoms with E-state index in [1.165, 1.54) is 0 Å². The Morgan fingerprint density at radius 3 is 2.23 bits per heavy atom. The summed E-state index contributed by atoms with van der Waals surface area (Å²) in [6.07, 6.45) is 4.32. The lowest BCUT2D eigenvalue weighted by Gasteiger charge is -2.12. The van der Waals surface area contributed by atoms with Gasteiger partial charge in [0.2, 0.25) is 0 Å². The Bertz CT molecular complexity index is 843. The number of nitrogens with zero attached hydrogens (tertiary/aromatic N) is 3. The smallest absolute Gasteiger partial charge is 0.251 e. The zero-order valence-electron chi connectivity index (χ0n) is 15.0. The minimum atomic E-state index is -0.0721. The fraction of sp³-hybridized carbons (Fsp3) is 0.190. The molecule has 26 heavy (non-hydrogen) atoms. The van der Waals surface area contributed by atoms with Crippen LogP contribution in [0.4, 0.5) is 5.69 Å². The van der Waals surface area contributed by atoms with E-state index in [2.05, 4.69) is 15.3 Å². The van der Waals surface area contributed by atoms with Gasteiger partial charge >= 0.3 is 0 Å². The molecule has 0 aliphatic heterocycles. The number of rotatable bonds is 6. The topological polar surface area (TPSA) is 58.1 Å². The lowest BCUT2D eigenvalue weighted by Crippen LogP contribution is -2.25. The third-order valence-corrected chi connectivity index (χ3v) is 4.08. The summed E-state index contributed by atoms with van der Waals surface area (Å²) in [6, 6.07) is 17.4. The molecule has 5 nitrogen and oxygen atoms in total. The molecule has 0 spiro atoms. The van der Waals surface area contributed by atoms with E-state index in [4.69, 9.17) is 0 Å². The van der Waals surface area contributed by atoms with Gasteiger partial charge in [-0.25, -0.2) is 9.97 Å². The summed E-state index contributed by atoms with van der Waals surface area (Å²) in [5, 5.41) is 2.93. The van der Waals surface area contributed by atoms with Crippen molar-refractivity contribution in [2.45, 2.75) is 6.42 Å². The molecule has 1 aromatic heterocycles. The van der Waals surface area contributed by atoms with Crippen molar-refractivity contribution in [2.75, 3.05) is 25.5 Å². The molecule has 5 heteroatoms. The second-order valence-electron chi connectivity index (χ2n) is 6.23. The van der Waals surface area contributed by atoms with E-state index in [1.54, 1.807) is 0 Å². The molecular formula is C21H22N4O. The Morgan fingerprint density at radius 1 is 0.962 bits per heavy atom. The Labute approximate surface area is 153 Å². The first-order valence-electron chi connectivity index (χ1n) is 8.55. The van der Waals surface area contributed by atoms with Crippen LogP contribution in [0.3, 0.4) is 0 Å². The average Bonchev–Trinajstić information content (AvgIpc) is 2.69. The van der Waals surface area contributed by atoms with Crippen LogP contribution in [0.15, 0.2) is 67.0 Å². The predicted octanol–water partition coefficient (Wildman–Crippen LogP) is 3.18. The molecule has 0 aliphatic carbocycles. The molecule has 0 bridgehead atoms. The molecule has 0 atom stereocenters. The maximum absolute atomic E-state index is 12.2. The number of nitrogens with one attached hydrogen (secondary N) is 1. The van der Waals surface area contributed by atoms with Crippen molar-refractivity contribution in [3.8, 4) is 11.4 Å². The van der Waals surface area contributed by atoms with Crippen LogP contribution in [0.5, 0.6) is 0 Å². The summed E-state index contributed by atoms with van der Waals surface area (Å²) in [6.45, 7) is 0.544. The number of carbonyl (C=O) groups excluding carboxylic acids is 1. The van der Waals surface area contributed by atoms with E-state index >= 15 is 0 Å². The van der Waals surface area contributed by atoms with Gasteiger partial charge in [0.15, 0.2) is 5.82 Å². The second-order valence-corrected chi connectivity index (χ2v) is 6.23. The number of benzene rings is 2. The van der Waals surface area contributed by atoms with E-state index in [-0.39, 0.29) is 5.91 Å². The van der Waals surface area contributed by atoms with Gasteiger partial charge < -0.3 is 10.2 Å². The van der Waals surface area contributed by atoms with Crippen LogP contribution >= 0.6 is 0 Å². The van der Waals surface area contributed by atoms with Gasteiger partial charge in [0.1, 0.15) is 0 Å². The van der Waals surface area contributed by atoms with Crippen LogP contribution in [0.25, 0.3) is 11.4 Å². The zero-order valence-corrected chi connectivity index (χ0v) is 15.0. The van der Waals surface area contributed by atoms with Gasteiger partial charge in [-0.2, -0.15) is 0 Å². The largest absolute Gasteiger partial charge is 0.378 e. The summed E-state index contributed by atoms with van der Waals surface area (Å²) in [7, 11) is 3.94. The standard InChI is InChI=1S/C21H22N4O/c1-25(2)19-10-8-18(9-11-19)21(26)22-13-12-16-14-23-20(24-15-16)17-6-4-3-5-7-17/h3-11,14-15H,12-13H2,1-2H3,(H,22,26). The summed E-state index contributed by atoms with van der Waals surface area (Å²) < 4.78 is 0. The summed E-state index contributed by atoms with van der Waals surface area (Å²) in [4.78, 5) is 23.0. The SMILES string of the molecule is CN(C)c1ccc(C(=O)NCCc2cnc(-c3ccccc3)nc2)cc1. The molecular weight excluding hydrogens is 324 g/mol. The van der Waals surface area contributed by atoms with Crippen LogP contribution < -0.4 is 10.2 Å². The number of aromatic nitrogens is 2. The molecule has 1 N–H and O–H groups in total. The van der Waals surface area contributed by atoms with Crippen molar-refractivity contribution in [3.63, 3.8) is 0 Å². The van der Waals surface area contributed by atoms with Crippen molar-refractivity contribution >= 4 is 11.6 Å². The fourth-order valence-corrected chi connectivity index (χ4v) is 2.55. The number of anilines is 1. The molecule has 1 amide bonds. The van der Waals surface area contributed by atoms with Gasteiger partial charge in [-0.1, -0.05) is 30.3 Å². The van der Waals surface area contributed by atoms with E-state index in [1.807, 2.05) is 86.0 Å². The van der Waals surface area contributed by atoms with E-state index in [0.717, 1.165) is 16.8 Å². The van der Waals surface area contributed by atoms with Crippen molar-refractivity contribution < 1.29 is 4.79 Å². The molecule has 0 radical (unpaired) electrons. The highest BCUT2D eigenvalue weighted by atomic mass is 16.1. The summed E-state index contributed by atoms with van der Waals surface area (Å²) >= 11 is 0. The molecule has 0 unspecified atom stereocenters. The van der Waals surface area contributed by atoms with Crippen molar-refractivity contribution in [1.82, 2.24) is 15.3 Å². The number of hydrogen-bond acceptors (Lipinski definition) is 4. The molecule has 3 rings (SSSR count). The van der Waals surface area contributed by atoms with Gasteiger partial charge in [0, 0.05) is 49.8 Å². The highest BCUT2D eigenvalue weighted by Gasteiger charge is 2.06. The number of carbonyl (C=O) groups is 1. The van der Waals surface area contributed by atoms with Gasteiger partial charge in [-0.15, -0.1) is 0 Å². The Balaban J connectivity index is 1.52.